The van der Waals surface area contributed by atoms with Crippen molar-refractivity contribution in [1.29, 1.82) is 0 Å². The van der Waals surface area contributed by atoms with Crippen molar-refractivity contribution in [3.8, 4) is 11.1 Å². The third-order valence-electron chi connectivity index (χ3n) is 4.63. The lowest BCUT2D eigenvalue weighted by molar-refractivity contribution is -0.116. The molecule has 8 nitrogen and oxygen atoms in total. The molecule has 0 saturated carbocycles. The zero-order chi connectivity index (χ0) is 18.6. The Bertz CT molecular complexity index is 948. The van der Waals surface area contributed by atoms with Gasteiger partial charge in [-0.2, -0.15) is 5.10 Å². The number of fused-ring (bicyclic) bond motifs is 1. The second-order valence-corrected chi connectivity index (χ2v) is 6.64. The Morgan fingerprint density at radius 3 is 2.78 bits per heavy atom. The standard InChI is InChI=1S/C19H22N6O2/c1-24-13-16(11-22-24)15-8-14-9-18(21-12-17(14)20-10-15)23-19(26)2-3-25-4-6-27-7-5-25/h8-13H,2-7H2,1H3,(H,21,23,26). The van der Waals surface area contributed by atoms with Gasteiger partial charge in [-0.05, 0) is 12.1 Å². The number of nitrogens with one attached hydrogen (secondary N) is 1. The number of carbonyl (C=O) groups is 1. The summed E-state index contributed by atoms with van der Waals surface area (Å²) in [6.07, 6.45) is 7.67. The van der Waals surface area contributed by atoms with E-state index in [9.17, 15) is 4.79 Å². The molecule has 3 aromatic heterocycles. The van der Waals surface area contributed by atoms with Gasteiger partial charge in [-0.15, -0.1) is 0 Å². The van der Waals surface area contributed by atoms with E-state index in [0.29, 0.717) is 12.2 Å². The van der Waals surface area contributed by atoms with E-state index < -0.39 is 0 Å². The Labute approximate surface area is 157 Å². The van der Waals surface area contributed by atoms with Crippen molar-refractivity contribution in [3.63, 3.8) is 0 Å². The van der Waals surface area contributed by atoms with Crippen LogP contribution >= 0.6 is 0 Å². The van der Waals surface area contributed by atoms with Gasteiger partial charge in [0.05, 0.1) is 31.1 Å². The van der Waals surface area contributed by atoms with Crippen LogP contribution in [0.2, 0.25) is 0 Å². The van der Waals surface area contributed by atoms with Gasteiger partial charge < -0.3 is 10.1 Å². The average Bonchev–Trinajstić information content (AvgIpc) is 3.13. The highest BCUT2D eigenvalue weighted by atomic mass is 16.5. The van der Waals surface area contributed by atoms with Gasteiger partial charge in [-0.1, -0.05) is 0 Å². The summed E-state index contributed by atoms with van der Waals surface area (Å²) < 4.78 is 7.08. The van der Waals surface area contributed by atoms with Crippen molar-refractivity contribution in [3.05, 3.63) is 36.9 Å². The summed E-state index contributed by atoms with van der Waals surface area (Å²) >= 11 is 0. The number of morpholine rings is 1. The minimum absolute atomic E-state index is 0.0373. The number of ether oxygens (including phenoxy) is 1. The lowest BCUT2D eigenvalue weighted by atomic mass is 10.1. The number of rotatable bonds is 5. The molecule has 1 N–H and O–H groups in total. The number of anilines is 1. The molecule has 1 aliphatic rings. The quantitative estimate of drug-likeness (QED) is 0.740. The minimum atomic E-state index is -0.0373. The molecule has 140 valence electrons. The first-order valence-electron chi connectivity index (χ1n) is 9.02. The predicted molar refractivity (Wildman–Crippen MR) is 102 cm³/mol. The molecule has 0 bridgehead atoms. The minimum Gasteiger partial charge on any atom is -0.379 e. The van der Waals surface area contributed by atoms with Crippen LogP contribution in [-0.4, -0.2) is 63.4 Å². The molecule has 3 aromatic rings. The smallest absolute Gasteiger partial charge is 0.226 e. The molecule has 0 spiro atoms. The van der Waals surface area contributed by atoms with Crippen LogP contribution in [0.4, 0.5) is 5.82 Å². The third kappa shape index (κ3) is 4.29. The van der Waals surface area contributed by atoms with Crippen LogP contribution in [0.5, 0.6) is 0 Å². The number of hydrogen-bond donors (Lipinski definition) is 1. The summed E-state index contributed by atoms with van der Waals surface area (Å²) in [5, 5.41) is 8.01. The lowest BCUT2D eigenvalue weighted by Crippen LogP contribution is -2.38. The van der Waals surface area contributed by atoms with E-state index in [2.05, 4.69) is 25.3 Å². The summed E-state index contributed by atoms with van der Waals surface area (Å²) in [7, 11) is 1.88. The Kier molecular flexibility index (Phi) is 5.08. The lowest BCUT2D eigenvalue weighted by Gasteiger charge is -2.26. The molecule has 4 rings (SSSR count). The monoisotopic (exact) mass is 366 g/mol. The van der Waals surface area contributed by atoms with Gasteiger partial charge in [0.15, 0.2) is 0 Å². The Balaban J connectivity index is 1.44. The highest BCUT2D eigenvalue weighted by Gasteiger charge is 2.12. The van der Waals surface area contributed by atoms with E-state index in [1.54, 1.807) is 17.1 Å². The van der Waals surface area contributed by atoms with Gasteiger partial charge in [0.1, 0.15) is 5.82 Å². The maximum Gasteiger partial charge on any atom is 0.226 e. The summed E-state index contributed by atoms with van der Waals surface area (Å²) in [5.41, 5.74) is 2.76. The van der Waals surface area contributed by atoms with E-state index in [0.717, 1.165) is 54.9 Å². The molecule has 0 aromatic carbocycles. The highest BCUT2D eigenvalue weighted by Crippen LogP contribution is 2.23. The molecule has 1 amide bonds. The van der Waals surface area contributed by atoms with Gasteiger partial charge in [0.2, 0.25) is 5.91 Å². The fourth-order valence-corrected chi connectivity index (χ4v) is 3.12. The number of nitrogens with zero attached hydrogens (tertiary/aromatic N) is 5. The second-order valence-electron chi connectivity index (χ2n) is 6.64. The van der Waals surface area contributed by atoms with Gasteiger partial charge >= 0.3 is 0 Å². The number of amides is 1. The Morgan fingerprint density at radius 2 is 2.00 bits per heavy atom. The number of aryl methyl sites for hydroxylation is 1. The molecular formula is C19H22N6O2. The first kappa shape index (κ1) is 17.6. The molecule has 0 aliphatic carbocycles. The number of pyridine rings is 2. The van der Waals surface area contributed by atoms with Gasteiger partial charge in [0.25, 0.3) is 0 Å². The Morgan fingerprint density at radius 1 is 1.15 bits per heavy atom. The summed E-state index contributed by atoms with van der Waals surface area (Å²) in [5.74, 6) is 0.504. The van der Waals surface area contributed by atoms with E-state index in [1.165, 1.54) is 0 Å². The van der Waals surface area contributed by atoms with Crippen molar-refractivity contribution >= 4 is 22.6 Å². The van der Waals surface area contributed by atoms with Crippen LogP contribution < -0.4 is 5.32 Å². The molecule has 1 saturated heterocycles. The van der Waals surface area contributed by atoms with Gasteiger partial charge in [0, 0.05) is 62.0 Å². The second kappa shape index (κ2) is 7.81. The zero-order valence-electron chi connectivity index (χ0n) is 15.3. The van der Waals surface area contributed by atoms with Gasteiger partial charge in [-0.25, -0.2) is 4.98 Å². The maximum absolute atomic E-state index is 12.2. The molecular weight excluding hydrogens is 344 g/mol. The highest BCUT2D eigenvalue weighted by molar-refractivity contribution is 5.92. The molecule has 4 heterocycles. The van der Waals surface area contributed by atoms with Crippen molar-refractivity contribution < 1.29 is 9.53 Å². The number of hydrogen-bond acceptors (Lipinski definition) is 6. The van der Waals surface area contributed by atoms with E-state index in [4.69, 9.17) is 4.74 Å². The van der Waals surface area contributed by atoms with Crippen molar-refractivity contribution in [2.45, 2.75) is 6.42 Å². The summed E-state index contributed by atoms with van der Waals surface area (Å²) in [4.78, 5) is 23.2. The summed E-state index contributed by atoms with van der Waals surface area (Å²) in [6.45, 7) is 3.96. The first-order chi connectivity index (χ1) is 13.2. The first-order valence-corrected chi connectivity index (χ1v) is 9.02. The molecule has 1 fully saturated rings. The molecule has 0 radical (unpaired) electrons. The van der Waals surface area contributed by atoms with Crippen molar-refractivity contribution in [2.24, 2.45) is 7.05 Å². The maximum atomic E-state index is 12.2. The normalized spacial score (nSPS) is 15.1. The molecule has 1 aliphatic heterocycles. The van der Waals surface area contributed by atoms with Crippen molar-refractivity contribution in [2.75, 3.05) is 38.2 Å². The number of carbonyl (C=O) groups excluding carboxylic acids is 1. The Hall–Kier alpha value is -2.84. The number of aromatic nitrogens is 4. The van der Waals surface area contributed by atoms with Crippen LogP contribution in [0.3, 0.4) is 0 Å². The van der Waals surface area contributed by atoms with Crippen LogP contribution in [0.1, 0.15) is 6.42 Å². The van der Waals surface area contributed by atoms with E-state index in [-0.39, 0.29) is 5.91 Å². The van der Waals surface area contributed by atoms with E-state index >= 15 is 0 Å². The third-order valence-corrected chi connectivity index (χ3v) is 4.63. The largest absolute Gasteiger partial charge is 0.379 e. The topological polar surface area (TPSA) is 85.2 Å². The molecule has 0 atom stereocenters. The van der Waals surface area contributed by atoms with Crippen LogP contribution in [0.25, 0.3) is 22.0 Å². The predicted octanol–water partition coefficient (Wildman–Crippen LogP) is 1.69. The fraction of sp³-hybridized carbons (Fsp3) is 0.368. The summed E-state index contributed by atoms with van der Waals surface area (Å²) in [6, 6.07) is 3.89. The van der Waals surface area contributed by atoms with Crippen molar-refractivity contribution in [1.82, 2.24) is 24.6 Å². The van der Waals surface area contributed by atoms with Crippen LogP contribution in [0.15, 0.2) is 36.9 Å². The van der Waals surface area contributed by atoms with Gasteiger partial charge in [-0.3, -0.25) is 19.4 Å². The molecule has 8 heteroatoms. The fourth-order valence-electron chi connectivity index (χ4n) is 3.12. The van der Waals surface area contributed by atoms with Crippen LogP contribution in [0, 0.1) is 0 Å². The zero-order valence-corrected chi connectivity index (χ0v) is 15.3. The van der Waals surface area contributed by atoms with Crippen LogP contribution in [-0.2, 0) is 16.6 Å². The SMILES string of the molecule is Cn1cc(-c2cnc3cnc(NC(=O)CCN4CCOCC4)cc3c2)cn1. The molecule has 27 heavy (non-hydrogen) atoms. The average molecular weight is 366 g/mol. The van der Waals surface area contributed by atoms with E-state index in [1.807, 2.05) is 31.6 Å². The molecule has 0 unspecified atom stereocenters.